The molecule has 3 aliphatic rings. The highest BCUT2D eigenvalue weighted by molar-refractivity contribution is 8.00. The van der Waals surface area contributed by atoms with Crippen molar-refractivity contribution in [1.82, 2.24) is 14.8 Å². The summed E-state index contributed by atoms with van der Waals surface area (Å²) in [5.74, 6) is 1.60. The van der Waals surface area contributed by atoms with Crippen molar-refractivity contribution in [3.8, 4) is 0 Å². The van der Waals surface area contributed by atoms with Crippen molar-refractivity contribution in [2.24, 2.45) is 11.3 Å². The minimum absolute atomic E-state index is 0.146. The molecule has 26 heavy (non-hydrogen) atoms. The molecular formula is C20H27N3O2S. The van der Waals surface area contributed by atoms with E-state index < -0.39 is 0 Å². The van der Waals surface area contributed by atoms with Crippen LogP contribution in [0.4, 0.5) is 0 Å². The summed E-state index contributed by atoms with van der Waals surface area (Å²) in [6.07, 6.45) is 10.2. The van der Waals surface area contributed by atoms with Gasteiger partial charge < -0.3 is 9.80 Å². The minimum atomic E-state index is -0.307. The van der Waals surface area contributed by atoms with E-state index in [0.29, 0.717) is 24.1 Å². The molecule has 1 saturated carbocycles. The van der Waals surface area contributed by atoms with Gasteiger partial charge in [0.15, 0.2) is 0 Å². The average molecular weight is 374 g/mol. The second kappa shape index (κ2) is 7.59. The highest BCUT2D eigenvalue weighted by Crippen LogP contribution is 2.41. The standard InChI is InChI=1S/C20H27N3O2S/c24-18(14-26-17-5-9-21-10-6-17)23-12-8-20(15-23)7-2-11-22(19(20)25)13-16-3-1-4-16/h5-6,9-10,16H,1-4,7-8,11-15H2/t20-/m0/s1. The summed E-state index contributed by atoms with van der Waals surface area (Å²) in [5, 5.41) is 0. The lowest BCUT2D eigenvalue weighted by molar-refractivity contribution is -0.147. The first-order valence-corrected chi connectivity index (χ1v) is 10.7. The Balaban J connectivity index is 1.34. The summed E-state index contributed by atoms with van der Waals surface area (Å²) < 4.78 is 0. The number of piperidine rings is 1. The zero-order valence-corrected chi connectivity index (χ0v) is 16.0. The topological polar surface area (TPSA) is 53.5 Å². The molecule has 2 aliphatic heterocycles. The zero-order valence-electron chi connectivity index (χ0n) is 15.2. The minimum Gasteiger partial charge on any atom is -0.342 e. The average Bonchev–Trinajstić information content (AvgIpc) is 3.06. The van der Waals surface area contributed by atoms with Crippen molar-refractivity contribution < 1.29 is 9.59 Å². The molecule has 3 heterocycles. The van der Waals surface area contributed by atoms with Gasteiger partial charge in [-0.05, 0) is 50.2 Å². The Morgan fingerprint density at radius 2 is 2.00 bits per heavy atom. The lowest BCUT2D eigenvalue weighted by Crippen LogP contribution is -2.52. The molecule has 4 rings (SSSR count). The number of amides is 2. The molecule has 6 heteroatoms. The molecule has 1 aliphatic carbocycles. The molecule has 0 N–H and O–H groups in total. The van der Waals surface area contributed by atoms with Crippen LogP contribution in [0.3, 0.4) is 0 Å². The molecule has 2 amide bonds. The third kappa shape index (κ3) is 3.61. The van der Waals surface area contributed by atoms with E-state index in [2.05, 4.69) is 9.88 Å². The van der Waals surface area contributed by atoms with Gasteiger partial charge in [-0.15, -0.1) is 11.8 Å². The Morgan fingerprint density at radius 3 is 2.73 bits per heavy atom. The van der Waals surface area contributed by atoms with Crippen LogP contribution in [-0.4, -0.2) is 58.5 Å². The fraction of sp³-hybridized carbons (Fsp3) is 0.650. The Bertz CT molecular complexity index is 664. The number of nitrogens with zero attached hydrogens (tertiary/aromatic N) is 3. The van der Waals surface area contributed by atoms with E-state index in [-0.39, 0.29) is 11.3 Å². The summed E-state index contributed by atoms with van der Waals surface area (Å²) in [6, 6.07) is 3.85. The molecule has 1 aromatic heterocycles. The van der Waals surface area contributed by atoms with Gasteiger partial charge >= 0.3 is 0 Å². The summed E-state index contributed by atoms with van der Waals surface area (Å²) in [4.78, 5) is 34.9. The zero-order chi connectivity index (χ0) is 18.0. The summed E-state index contributed by atoms with van der Waals surface area (Å²) >= 11 is 1.54. The molecule has 1 aromatic rings. The van der Waals surface area contributed by atoms with Crippen molar-refractivity contribution in [3.05, 3.63) is 24.5 Å². The van der Waals surface area contributed by atoms with Crippen molar-refractivity contribution >= 4 is 23.6 Å². The van der Waals surface area contributed by atoms with Crippen molar-refractivity contribution in [3.63, 3.8) is 0 Å². The molecule has 1 spiro atoms. The molecule has 0 aromatic carbocycles. The number of aromatic nitrogens is 1. The second-order valence-electron chi connectivity index (χ2n) is 7.97. The fourth-order valence-electron chi connectivity index (χ4n) is 4.45. The van der Waals surface area contributed by atoms with Gasteiger partial charge in [-0.3, -0.25) is 14.6 Å². The lowest BCUT2D eigenvalue weighted by Gasteiger charge is -2.42. The predicted molar refractivity (Wildman–Crippen MR) is 102 cm³/mol. The maximum Gasteiger partial charge on any atom is 0.232 e. The highest BCUT2D eigenvalue weighted by Gasteiger charge is 2.49. The largest absolute Gasteiger partial charge is 0.342 e. The first-order valence-electron chi connectivity index (χ1n) is 9.76. The van der Waals surface area contributed by atoms with Gasteiger partial charge in [0.05, 0.1) is 11.2 Å². The van der Waals surface area contributed by atoms with E-state index >= 15 is 0 Å². The van der Waals surface area contributed by atoms with Crippen molar-refractivity contribution in [2.75, 3.05) is 31.9 Å². The number of thioether (sulfide) groups is 1. The van der Waals surface area contributed by atoms with Gasteiger partial charge in [0, 0.05) is 43.5 Å². The monoisotopic (exact) mass is 373 g/mol. The molecule has 140 valence electrons. The normalized spacial score (nSPS) is 26.4. The number of hydrogen-bond donors (Lipinski definition) is 0. The summed E-state index contributed by atoms with van der Waals surface area (Å²) in [5.41, 5.74) is -0.307. The van der Waals surface area contributed by atoms with Gasteiger partial charge in [0.1, 0.15) is 0 Å². The van der Waals surface area contributed by atoms with Gasteiger partial charge in [-0.2, -0.15) is 0 Å². The molecule has 3 fully saturated rings. The third-order valence-electron chi connectivity index (χ3n) is 6.25. The number of carbonyl (C=O) groups is 2. The first-order chi connectivity index (χ1) is 12.7. The van der Waals surface area contributed by atoms with Crippen molar-refractivity contribution in [1.29, 1.82) is 0 Å². The van der Waals surface area contributed by atoms with Crippen LogP contribution in [0.2, 0.25) is 0 Å². The predicted octanol–water partition coefficient (Wildman–Crippen LogP) is 2.81. The van der Waals surface area contributed by atoms with E-state index in [1.165, 1.54) is 19.3 Å². The van der Waals surface area contributed by atoms with Gasteiger partial charge in [0.2, 0.25) is 11.8 Å². The van der Waals surface area contributed by atoms with Crippen LogP contribution in [0.5, 0.6) is 0 Å². The van der Waals surface area contributed by atoms with Crippen LogP contribution >= 0.6 is 11.8 Å². The number of carbonyl (C=O) groups excluding carboxylic acids is 2. The van der Waals surface area contributed by atoms with Crippen molar-refractivity contribution in [2.45, 2.75) is 43.4 Å². The number of likely N-dealkylation sites (tertiary alicyclic amines) is 2. The number of rotatable bonds is 5. The number of pyridine rings is 1. The quantitative estimate of drug-likeness (QED) is 0.745. The number of hydrogen-bond acceptors (Lipinski definition) is 4. The lowest BCUT2D eigenvalue weighted by atomic mass is 9.77. The SMILES string of the molecule is O=C(CSc1ccncc1)N1CC[C@@]2(CCCN(CC3CCC3)C2=O)C1. The third-order valence-corrected chi connectivity index (χ3v) is 7.24. The first kappa shape index (κ1) is 17.8. The Hall–Kier alpha value is -1.56. The van der Waals surface area contributed by atoms with Crippen LogP contribution in [-0.2, 0) is 9.59 Å². The molecule has 0 unspecified atom stereocenters. The van der Waals surface area contributed by atoms with Gasteiger partial charge in [-0.1, -0.05) is 6.42 Å². The van der Waals surface area contributed by atoms with E-state index in [0.717, 1.165) is 43.8 Å². The Morgan fingerprint density at radius 1 is 1.19 bits per heavy atom. The fourth-order valence-corrected chi connectivity index (χ4v) is 5.24. The summed E-state index contributed by atoms with van der Waals surface area (Å²) in [7, 11) is 0. The highest BCUT2D eigenvalue weighted by atomic mass is 32.2. The smallest absolute Gasteiger partial charge is 0.232 e. The van der Waals surface area contributed by atoms with Crippen LogP contribution in [0.25, 0.3) is 0 Å². The molecule has 0 bridgehead atoms. The van der Waals surface area contributed by atoms with Crippen LogP contribution in [0, 0.1) is 11.3 Å². The molecular weight excluding hydrogens is 346 g/mol. The Kier molecular flexibility index (Phi) is 5.20. The van der Waals surface area contributed by atoms with Crippen LogP contribution in [0.15, 0.2) is 29.4 Å². The Labute approximate surface area is 159 Å². The maximum atomic E-state index is 13.1. The molecule has 0 radical (unpaired) electrons. The summed E-state index contributed by atoms with van der Waals surface area (Å²) in [6.45, 7) is 3.18. The van der Waals surface area contributed by atoms with E-state index in [1.807, 2.05) is 17.0 Å². The van der Waals surface area contributed by atoms with E-state index in [9.17, 15) is 9.59 Å². The maximum absolute atomic E-state index is 13.1. The van der Waals surface area contributed by atoms with E-state index in [1.54, 1.807) is 24.2 Å². The van der Waals surface area contributed by atoms with E-state index in [4.69, 9.17) is 0 Å². The molecule has 1 atom stereocenters. The second-order valence-corrected chi connectivity index (χ2v) is 9.02. The molecule has 5 nitrogen and oxygen atoms in total. The molecule has 2 saturated heterocycles. The van der Waals surface area contributed by atoms with Crippen LogP contribution < -0.4 is 0 Å². The van der Waals surface area contributed by atoms with Crippen LogP contribution in [0.1, 0.15) is 38.5 Å². The van der Waals surface area contributed by atoms with Gasteiger partial charge in [-0.25, -0.2) is 0 Å². The van der Waals surface area contributed by atoms with Gasteiger partial charge in [0.25, 0.3) is 0 Å².